The van der Waals surface area contributed by atoms with Gasteiger partial charge in [-0.1, -0.05) is 26.2 Å². The molecular weight excluding hydrogens is 164 g/mol. The van der Waals surface area contributed by atoms with Crippen LogP contribution in [0.25, 0.3) is 0 Å². The molecule has 13 heavy (non-hydrogen) atoms. The number of carbonyl (C=O) groups is 1. The molecule has 78 valence electrons. The number of primary amides is 1. The Labute approximate surface area is 81.3 Å². The summed E-state index contributed by atoms with van der Waals surface area (Å²) in [4.78, 5) is 12.7. The molecule has 3 nitrogen and oxygen atoms in total. The van der Waals surface area contributed by atoms with E-state index in [-0.39, 0.29) is 12.1 Å². The van der Waals surface area contributed by atoms with E-state index < -0.39 is 0 Å². The zero-order valence-corrected chi connectivity index (χ0v) is 9.05. The lowest BCUT2D eigenvalue weighted by atomic mass is 10.2. The molecule has 0 atom stereocenters. The Morgan fingerprint density at radius 3 is 2.31 bits per heavy atom. The predicted molar refractivity (Wildman–Crippen MR) is 55.6 cm³/mol. The van der Waals surface area contributed by atoms with Crippen molar-refractivity contribution in [1.29, 1.82) is 0 Å². The van der Waals surface area contributed by atoms with Crippen molar-refractivity contribution < 1.29 is 4.79 Å². The third kappa shape index (κ3) is 5.50. The van der Waals surface area contributed by atoms with Gasteiger partial charge >= 0.3 is 6.03 Å². The van der Waals surface area contributed by atoms with Gasteiger partial charge in [-0.25, -0.2) is 4.79 Å². The second-order valence-electron chi connectivity index (χ2n) is 3.69. The highest BCUT2D eigenvalue weighted by molar-refractivity contribution is 5.72. The monoisotopic (exact) mass is 186 g/mol. The number of amides is 2. The van der Waals surface area contributed by atoms with E-state index in [4.69, 9.17) is 5.73 Å². The summed E-state index contributed by atoms with van der Waals surface area (Å²) < 4.78 is 0. The lowest BCUT2D eigenvalue weighted by molar-refractivity contribution is 0.191. The molecule has 0 fully saturated rings. The third-order valence-electron chi connectivity index (χ3n) is 2.16. The van der Waals surface area contributed by atoms with Gasteiger partial charge in [0, 0.05) is 12.6 Å². The first-order valence-corrected chi connectivity index (χ1v) is 5.15. The van der Waals surface area contributed by atoms with Gasteiger partial charge in [0.2, 0.25) is 0 Å². The Balaban J connectivity index is 3.64. The lowest BCUT2D eigenvalue weighted by Crippen LogP contribution is -2.41. The van der Waals surface area contributed by atoms with Crippen molar-refractivity contribution >= 4 is 6.03 Å². The molecule has 0 saturated heterocycles. The van der Waals surface area contributed by atoms with Crippen molar-refractivity contribution in [3.63, 3.8) is 0 Å². The standard InChI is InChI=1S/C10H22N2O/c1-4-5-6-7-8-12(9(2)3)10(11)13/h9H,4-8H2,1-3H3,(H2,11,13). The topological polar surface area (TPSA) is 46.3 Å². The van der Waals surface area contributed by atoms with E-state index in [1.807, 2.05) is 13.8 Å². The average molecular weight is 186 g/mol. The maximum Gasteiger partial charge on any atom is 0.315 e. The van der Waals surface area contributed by atoms with Crippen LogP contribution in [0, 0.1) is 0 Å². The number of urea groups is 1. The molecule has 0 rings (SSSR count). The van der Waals surface area contributed by atoms with Crippen LogP contribution in [0.1, 0.15) is 46.5 Å². The summed E-state index contributed by atoms with van der Waals surface area (Å²) in [6, 6.07) is -0.0781. The second kappa shape index (κ2) is 6.75. The molecule has 0 aromatic rings. The number of hydrogen-bond acceptors (Lipinski definition) is 1. The van der Waals surface area contributed by atoms with Crippen LogP contribution < -0.4 is 5.73 Å². The van der Waals surface area contributed by atoms with Crippen molar-refractivity contribution in [1.82, 2.24) is 4.90 Å². The summed E-state index contributed by atoms with van der Waals surface area (Å²) in [5.41, 5.74) is 5.24. The van der Waals surface area contributed by atoms with Crippen LogP contribution in [-0.4, -0.2) is 23.5 Å². The normalized spacial score (nSPS) is 10.5. The summed E-state index contributed by atoms with van der Waals surface area (Å²) in [7, 11) is 0. The first-order chi connectivity index (χ1) is 6.09. The minimum absolute atomic E-state index is 0.221. The van der Waals surface area contributed by atoms with Crippen molar-refractivity contribution in [3.8, 4) is 0 Å². The Morgan fingerprint density at radius 2 is 1.92 bits per heavy atom. The first-order valence-electron chi connectivity index (χ1n) is 5.15. The number of hydrogen-bond donors (Lipinski definition) is 1. The van der Waals surface area contributed by atoms with Crippen molar-refractivity contribution in [2.24, 2.45) is 5.73 Å². The van der Waals surface area contributed by atoms with E-state index in [0.29, 0.717) is 0 Å². The highest BCUT2D eigenvalue weighted by Gasteiger charge is 2.11. The molecule has 0 aliphatic rings. The van der Waals surface area contributed by atoms with Crippen LogP contribution in [0.2, 0.25) is 0 Å². The van der Waals surface area contributed by atoms with Crippen molar-refractivity contribution in [3.05, 3.63) is 0 Å². The molecule has 0 radical (unpaired) electrons. The van der Waals surface area contributed by atoms with Gasteiger partial charge in [0.25, 0.3) is 0 Å². The summed E-state index contributed by atoms with van der Waals surface area (Å²) in [6.07, 6.45) is 4.71. The Morgan fingerprint density at radius 1 is 1.31 bits per heavy atom. The van der Waals surface area contributed by atoms with Gasteiger partial charge < -0.3 is 10.6 Å². The van der Waals surface area contributed by atoms with E-state index in [1.54, 1.807) is 4.90 Å². The summed E-state index contributed by atoms with van der Waals surface area (Å²) in [6.45, 7) is 6.95. The molecule has 0 heterocycles. The minimum atomic E-state index is -0.300. The molecule has 2 amide bonds. The highest BCUT2D eigenvalue weighted by atomic mass is 16.2. The fourth-order valence-corrected chi connectivity index (χ4v) is 1.33. The first kappa shape index (κ1) is 12.3. The summed E-state index contributed by atoms with van der Waals surface area (Å²) in [5.74, 6) is 0. The molecule has 0 unspecified atom stereocenters. The van der Waals surface area contributed by atoms with Crippen LogP contribution in [0.15, 0.2) is 0 Å². The number of nitrogens with zero attached hydrogens (tertiary/aromatic N) is 1. The molecule has 0 aliphatic carbocycles. The summed E-state index contributed by atoms with van der Waals surface area (Å²) in [5, 5.41) is 0. The number of rotatable bonds is 6. The van der Waals surface area contributed by atoms with E-state index in [1.165, 1.54) is 19.3 Å². The Hall–Kier alpha value is -0.730. The van der Waals surface area contributed by atoms with E-state index in [2.05, 4.69) is 6.92 Å². The van der Waals surface area contributed by atoms with E-state index in [9.17, 15) is 4.79 Å². The lowest BCUT2D eigenvalue weighted by Gasteiger charge is -2.24. The Bertz CT molecular complexity index is 146. The fourth-order valence-electron chi connectivity index (χ4n) is 1.33. The average Bonchev–Trinajstić information content (AvgIpc) is 2.02. The van der Waals surface area contributed by atoms with Gasteiger partial charge in [-0.15, -0.1) is 0 Å². The molecular formula is C10H22N2O. The number of unbranched alkanes of at least 4 members (excludes halogenated alkanes) is 3. The van der Waals surface area contributed by atoms with E-state index >= 15 is 0 Å². The van der Waals surface area contributed by atoms with Crippen molar-refractivity contribution in [2.45, 2.75) is 52.5 Å². The smallest absolute Gasteiger partial charge is 0.315 e. The van der Waals surface area contributed by atoms with Gasteiger partial charge in [0.05, 0.1) is 0 Å². The molecule has 0 bridgehead atoms. The Kier molecular flexibility index (Phi) is 6.37. The molecule has 0 aromatic carbocycles. The molecule has 0 spiro atoms. The molecule has 2 N–H and O–H groups in total. The van der Waals surface area contributed by atoms with Gasteiger partial charge in [0.1, 0.15) is 0 Å². The van der Waals surface area contributed by atoms with Gasteiger partial charge in [0.15, 0.2) is 0 Å². The molecule has 0 aromatic heterocycles. The number of carbonyl (C=O) groups excluding carboxylic acids is 1. The van der Waals surface area contributed by atoms with Crippen LogP contribution in [0.3, 0.4) is 0 Å². The third-order valence-corrected chi connectivity index (χ3v) is 2.16. The van der Waals surface area contributed by atoms with Crippen LogP contribution in [0.4, 0.5) is 4.79 Å². The van der Waals surface area contributed by atoms with Gasteiger partial charge in [-0.05, 0) is 20.3 Å². The SMILES string of the molecule is CCCCCCN(C(N)=O)C(C)C. The minimum Gasteiger partial charge on any atom is -0.351 e. The van der Waals surface area contributed by atoms with Gasteiger partial charge in [-0.3, -0.25) is 0 Å². The molecule has 3 heteroatoms. The quantitative estimate of drug-likeness (QED) is 0.636. The highest BCUT2D eigenvalue weighted by Crippen LogP contribution is 2.04. The fraction of sp³-hybridized carbons (Fsp3) is 0.900. The molecule has 0 saturated carbocycles. The number of nitrogens with two attached hydrogens (primary N) is 1. The second-order valence-corrected chi connectivity index (χ2v) is 3.69. The van der Waals surface area contributed by atoms with E-state index in [0.717, 1.165) is 13.0 Å². The predicted octanol–water partition coefficient (Wildman–Crippen LogP) is 2.36. The largest absolute Gasteiger partial charge is 0.351 e. The van der Waals surface area contributed by atoms with Crippen LogP contribution in [-0.2, 0) is 0 Å². The van der Waals surface area contributed by atoms with Crippen LogP contribution in [0.5, 0.6) is 0 Å². The maximum atomic E-state index is 11.0. The molecule has 0 aliphatic heterocycles. The van der Waals surface area contributed by atoms with Gasteiger partial charge in [-0.2, -0.15) is 0 Å². The zero-order chi connectivity index (χ0) is 10.3. The van der Waals surface area contributed by atoms with Crippen LogP contribution >= 0.6 is 0 Å². The zero-order valence-electron chi connectivity index (χ0n) is 9.05. The van der Waals surface area contributed by atoms with Crippen molar-refractivity contribution in [2.75, 3.05) is 6.54 Å². The maximum absolute atomic E-state index is 11.0. The summed E-state index contributed by atoms with van der Waals surface area (Å²) >= 11 is 0.